The van der Waals surface area contributed by atoms with Gasteiger partial charge < -0.3 is 5.32 Å². The molecule has 1 aromatic heterocycles. The predicted octanol–water partition coefficient (Wildman–Crippen LogP) is 5.69. The molecule has 2 rings (SSSR count). The number of nitrogens with zero attached hydrogens (tertiary/aromatic N) is 3. The van der Waals surface area contributed by atoms with E-state index in [-0.39, 0.29) is 27.3 Å². The van der Waals surface area contributed by atoms with Gasteiger partial charge in [-0.05, 0) is 25.0 Å². The average molecular weight is 403 g/mol. The van der Waals surface area contributed by atoms with Gasteiger partial charge in [0.1, 0.15) is 17.6 Å². The van der Waals surface area contributed by atoms with E-state index >= 15 is 0 Å². The lowest BCUT2D eigenvalue weighted by Crippen LogP contribution is -2.15. The fraction of sp³-hybridized carbons (Fsp3) is 0.294. The Kier molecular flexibility index (Phi) is 5.89. The van der Waals surface area contributed by atoms with Crippen LogP contribution in [0.4, 0.5) is 19.0 Å². The van der Waals surface area contributed by atoms with Crippen LogP contribution in [0.2, 0.25) is 10.0 Å². The maximum atomic E-state index is 12.9. The highest BCUT2D eigenvalue weighted by Crippen LogP contribution is 2.38. The van der Waals surface area contributed by atoms with Crippen LogP contribution in [0, 0.1) is 17.2 Å². The second-order valence-electron chi connectivity index (χ2n) is 5.85. The zero-order valence-corrected chi connectivity index (χ0v) is 15.5. The van der Waals surface area contributed by atoms with Gasteiger partial charge in [-0.25, -0.2) is 4.68 Å². The van der Waals surface area contributed by atoms with Crippen molar-refractivity contribution < 1.29 is 13.2 Å². The van der Waals surface area contributed by atoms with E-state index in [2.05, 4.69) is 17.0 Å². The summed E-state index contributed by atoms with van der Waals surface area (Å²) in [6.45, 7) is 8.20. The van der Waals surface area contributed by atoms with Crippen LogP contribution in [0.5, 0.6) is 0 Å². The molecule has 0 fully saturated rings. The Hall–Kier alpha value is -2.17. The van der Waals surface area contributed by atoms with Crippen LogP contribution in [0.15, 0.2) is 30.4 Å². The van der Waals surface area contributed by atoms with Gasteiger partial charge in [-0.2, -0.15) is 23.5 Å². The van der Waals surface area contributed by atoms with E-state index in [1.807, 2.05) is 19.9 Å². The van der Waals surface area contributed by atoms with Crippen LogP contribution in [0.3, 0.4) is 0 Å². The van der Waals surface area contributed by atoms with Gasteiger partial charge in [0.05, 0.1) is 15.6 Å². The molecule has 0 amide bonds. The zero-order chi connectivity index (χ0) is 19.6. The molecule has 26 heavy (non-hydrogen) atoms. The first-order valence-corrected chi connectivity index (χ1v) is 8.26. The lowest BCUT2D eigenvalue weighted by atomic mass is 10.1. The smallest absolute Gasteiger partial charge is 0.369 e. The number of halogens is 5. The van der Waals surface area contributed by atoms with E-state index in [0.29, 0.717) is 12.4 Å². The minimum Gasteiger partial charge on any atom is -0.369 e. The fourth-order valence-corrected chi connectivity index (χ4v) is 2.74. The van der Waals surface area contributed by atoms with E-state index in [1.54, 1.807) is 0 Å². The van der Waals surface area contributed by atoms with Gasteiger partial charge in [-0.15, -0.1) is 0 Å². The van der Waals surface area contributed by atoms with Crippen molar-refractivity contribution in [3.05, 3.63) is 51.7 Å². The Labute approximate surface area is 158 Å². The SMILES string of the molecule is C=C(C)C(C)CNc1cc(C#N)nn1-c1c(Cl)cc(C(F)(F)F)cc1Cl. The molecule has 0 saturated carbocycles. The van der Waals surface area contributed by atoms with E-state index < -0.39 is 11.7 Å². The van der Waals surface area contributed by atoms with Gasteiger partial charge in [-0.1, -0.05) is 42.3 Å². The van der Waals surface area contributed by atoms with Crippen molar-refractivity contribution in [3.8, 4) is 11.8 Å². The number of nitriles is 1. The number of benzene rings is 1. The summed E-state index contributed by atoms with van der Waals surface area (Å²) in [4.78, 5) is 0. The van der Waals surface area contributed by atoms with Crippen LogP contribution in [-0.4, -0.2) is 16.3 Å². The molecule has 1 unspecified atom stereocenters. The molecule has 0 spiro atoms. The minimum absolute atomic E-state index is 0.0633. The highest BCUT2D eigenvalue weighted by molar-refractivity contribution is 6.38. The van der Waals surface area contributed by atoms with Gasteiger partial charge in [0.25, 0.3) is 0 Å². The third kappa shape index (κ3) is 4.32. The third-order valence-electron chi connectivity index (χ3n) is 3.81. The van der Waals surface area contributed by atoms with Crippen LogP contribution < -0.4 is 5.32 Å². The number of aromatic nitrogens is 2. The molecular weight excluding hydrogens is 388 g/mol. The summed E-state index contributed by atoms with van der Waals surface area (Å²) in [5.41, 5.74) is 0.125. The number of hydrogen-bond acceptors (Lipinski definition) is 3. The second kappa shape index (κ2) is 7.60. The first kappa shape index (κ1) is 20.1. The third-order valence-corrected chi connectivity index (χ3v) is 4.39. The van der Waals surface area contributed by atoms with Gasteiger partial charge in [0, 0.05) is 12.6 Å². The lowest BCUT2D eigenvalue weighted by molar-refractivity contribution is -0.137. The van der Waals surface area contributed by atoms with Crippen molar-refractivity contribution in [1.82, 2.24) is 9.78 Å². The molecule has 1 N–H and O–H groups in total. The van der Waals surface area contributed by atoms with Crippen molar-refractivity contribution in [1.29, 1.82) is 5.26 Å². The van der Waals surface area contributed by atoms with Crippen molar-refractivity contribution in [2.24, 2.45) is 5.92 Å². The van der Waals surface area contributed by atoms with Gasteiger partial charge in [-0.3, -0.25) is 0 Å². The number of hydrogen-bond donors (Lipinski definition) is 1. The molecule has 1 heterocycles. The fourth-order valence-electron chi connectivity index (χ4n) is 2.10. The van der Waals surface area contributed by atoms with Crippen LogP contribution in [0.25, 0.3) is 5.69 Å². The lowest BCUT2D eigenvalue weighted by Gasteiger charge is -2.17. The second-order valence-corrected chi connectivity index (χ2v) is 6.67. The largest absolute Gasteiger partial charge is 0.416 e. The molecule has 9 heteroatoms. The normalized spacial score (nSPS) is 12.5. The van der Waals surface area contributed by atoms with Crippen molar-refractivity contribution in [3.63, 3.8) is 0 Å². The monoisotopic (exact) mass is 402 g/mol. The molecule has 0 aliphatic rings. The molecule has 0 aliphatic heterocycles. The Morgan fingerprint density at radius 3 is 2.38 bits per heavy atom. The summed E-state index contributed by atoms with van der Waals surface area (Å²) in [6.07, 6.45) is -4.58. The highest BCUT2D eigenvalue weighted by atomic mass is 35.5. The zero-order valence-electron chi connectivity index (χ0n) is 14.0. The van der Waals surface area contributed by atoms with Crippen LogP contribution >= 0.6 is 23.2 Å². The summed E-state index contributed by atoms with van der Waals surface area (Å²) in [6, 6.07) is 4.90. The average Bonchev–Trinajstić information content (AvgIpc) is 2.94. The Bertz CT molecular complexity index is 858. The summed E-state index contributed by atoms with van der Waals surface area (Å²) in [7, 11) is 0. The maximum absolute atomic E-state index is 12.9. The molecule has 0 saturated heterocycles. The predicted molar refractivity (Wildman–Crippen MR) is 95.8 cm³/mol. The summed E-state index contributed by atoms with van der Waals surface area (Å²) in [5.74, 6) is 0.514. The summed E-state index contributed by atoms with van der Waals surface area (Å²) in [5, 5.41) is 15.8. The highest BCUT2D eigenvalue weighted by Gasteiger charge is 2.32. The van der Waals surface area contributed by atoms with Gasteiger partial charge in [0.2, 0.25) is 0 Å². The van der Waals surface area contributed by atoms with E-state index in [4.69, 9.17) is 28.5 Å². The van der Waals surface area contributed by atoms with Crippen molar-refractivity contribution in [2.75, 3.05) is 11.9 Å². The summed E-state index contributed by atoms with van der Waals surface area (Å²) >= 11 is 12.1. The molecule has 138 valence electrons. The van der Waals surface area contributed by atoms with E-state index in [9.17, 15) is 13.2 Å². The quantitative estimate of drug-likeness (QED) is 0.653. The molecule has 1 aromatic carbocycles. The molecule has 0 aliphatic carbocycles. The molecule has 0 radical (unpaired) electrons. The summed E-state index contributed by atoms with van der Waals surface area (Å²) < 4.78 is 39.9. The standard InChI is InChI=1S/C17H15Cl2F3N4/c1-9(2)10(3)8-24-15-6-12(7-23)25-26(15)16-13(18)4-11(5-14(16)19)17(20,21)22/h4-6,10,24H,1,8H2,2-3H3. The first-order chi connectivity index (χ1) is 12.0. The molecule has 0 bridgehead atoms. The Morgan fingerprint density at radius 1 is 1.35 bits per heavy atom. The van der Waals surface area contributed by atoms with Crippen molar-refractivity contribution >= 4 is 29.0 Å². The molecular formula is C17H15Cl2F3N4. The Morgan fingerprint density at radius 2 is 1.92 bits per heavy atom. The number of nitrogens with one attached hydrogen (secondary N) is 1. The van der Waals surface area contributed by atoms with E-state index in [0.717, 1.165) is 17.7 Å². The van der Waals surface area contributed by atoms with Crippen LogP contribution in [-0.2, 0) is 6.18 Å². The molecule has 4 nitrogen and oxygen atoms in total. The van der Waals surface area contributed by atoms with Crippen LogP contribution in [0.1, 0.15) is 25.1 Å². The number of anilines is 1. The van der Waals surface area contributed by atoms with Gasteiger partial charge >= 0.3 is 6.18 Å². The number of alkyl halides is 3. The first-order valence-electron chi connectivity index (χ1n) is 7.50. The molecule has 2 aromatic rings. The van der Waals surface area contributed by atoms with Gasteiger partial charge in [0.15, 0.2) is 5.69 Å². The topological polar surface area (TPSA) is 53.6 Å². The van der Waals surface area contributed by atoms with E-state index in [1.165, 1.54) is 10.7 Å². The maximum Gasteiger partial charge on any atom is 0.416 e. The van der Waals surface area contributed by atoms with Crippen molar-refractivity contribution in [2.45, 2.75) is 20.0 Å². The minimum atomic E-state index is -4.58. The molecule has 1 atom stereocenters. The number of rotatable bonds is 5. The Balaban J connectivity index is 2.50.